The molecule has 1 amide bonds. The van der Waals surface area contributed by atoms with Crippen LogP contribution in [0, 0.1) is 0 Å². The second kappa shape index (κ2) is 8.12. The molecule has 3 aromatic rings. The Hall–Kier alpha value is -3.40. The van der Waals surface area contributed by atoms with Gasteiger partial charge in [0.15, 0.2) is 0 Å². The Bertz CT molecular complexity index is 883. The maximum absolute atomic E-state index is 12.2. The van der Waals surface area contributed by atoms with E-state index in [1.807, 2.05) is 85.7 Å². The Kier molecular flexibility index (Phi) is 5.44. The van der Waals surface area contributed by atoms with Gasteiger partial charge in [0.1, 0.15) is 0 Å². The van der Waals surface area contributed by atoms with Crippen molar-refractivity contribution in [2.24, 2.45) is 5.10 Å². The van der Waals surface area contributed by atoms with E-state index in [1.54, 1.807) is 18.3 Å². The molecule has 0 fully saturated rings. The number of hydrazone groups is 1. The van der Waals surface area contributed by atoms with E-state index in [9.17, 15) is 4.79 Å². The van der Waals surface area contributed by atoms with Gasteiger partial charge in [0.2, 0.25) is 0 Å². The number of hydrogen-bond donors (Lipinski definition) is 1. The lowest BCUT2D eigenvalue weighted by Crippen LogP contribution is -2.17. The normalized spacial score (nSPS) is 10.7. The van der Waals surface area contributed by atoms with Gasteiger partial charge in [0.05, 0.1) is 6.21 Å². The summed E-state index contributed by atoms with van der Waals surface area (Å²) in [4.78, 5) is 14.2. The van der Waals surface area contributed by atoms with Crippen molar-refractivity contribution in [2.75, 3.05) is 19.0 Å². The number of nitrogens with zero attached hydrogens (tertiary/aromatic N) is 2. The fourth-order valence-corrected chi connectivity index (χ4v) is 2.53. The van der Waals surface area contributed by atoms with Crippen LogP contribution < -0.4 is 10.3 Å². The van der Waals surface area contributed by atoms with Crippen LogP contribution in [0.2, 0.25) is 0 Å². The minimum Gasteiger partial charge on any atom is -0.378 e. The summed E-state index contributed by atoms with van der Waals surface area (Å²) < 4.78 is 0. The zero-order chi connectivity index (χ0) is 18.4. The van der Waals surface area contributed by atoms with Crippen LogP contribution in [0.3, 0.4) is 0 Å². The van der Waals surface area contributed by atoms with Crippen molar-refractivity contribution < 1.29 is 4.79 Å². The van der Waals surface area contributed by atoms with Gasteiger partial charge in [-0.3, -0.25) is 4.79 Å². The smallest absolute Gasteiger partial charge is 0.271 e. The summed E-state index contributed by atoms with van der Waals surface area (Å²) in [6, 6.07) is 25.5. The molecule has 0 saturated carbocycles. The molecule has 0 spiro atoms. The van der Waals surface area contributed by atoms with E-state index in [0.29, 0.717) is 5.56 Å². The average Bonchev–Trinajstić information content (AvgIpc) is 2.69. The van der Waals surface area contributed by atoms with E-state index < -0.39 is 0 Å². The Balaban J connectivity index is 1.61. The van der Waals surface area contributed by atoms with Gasteiger partial charge in [-0.2, -0.15) is 5.10 Å². The molecule has 0 aliphatic carbocycles. The average molecular weight is 343 g/mol. The molecule has 0 aliphatic rings. The van der Waals surface area contributed by atoms with Crippen molar-refractivity contribution in [3.63, 3.8) is 0 Å². The SMILES string of the molecule is CN(C)c1ccc(/C=N/NC(=O)c2ccc(-c3ccccc3)cc2)cc1. The summed E-state index contributed by atoms with van der Waals surface area (Å²) in [6.45, 7) is 0. The molecule has 0 radical (unpaired) electrons. The highest BCUT2D eigenvalue weighted by Crippen LogP contribution is 2.19. The fourth-order valence-electron chi connectivity index (χ4n) is 2.53. The number of carbonyl (C=O) groups is 1. The van der Waals surface area contributed by atoms with E-state index in [4.69, 9.17) is 0 Å². The van der Waals surface area contributed by atoms with Gasteiger partial charge in [-0.25, -0.2) is 5.43 Å². The molecule has 1 N–H and O–H groups in total. The molecule has 0 unspecified atom stereocenters. The van der Waals surface area contributed by atoms with Gasteiger partial charge >= 0.3 is 0 Å². The summed E-state index contributed by atoms with van der Waals surface area (Å²) in [5.74, 6) is -0.231. The number of rotatable bonds is 5. The standard InChI is InChI=1S/C22H21N3O/c1-25(2)21-14-8-17(9-15-21)16-23-24-22(26)20-12-10-19(11-13-20)18-6-4-3-5-7-18/h3-16H,1-2H3,(H,24,26)/b23-16+. The van der Waals surface area contributed by atoms with E-state index >= 15 is 0 Å². The lowest BCUT2D eigenvalue weighted by Gasteiger charge is -2.11. The third-order valence-electron chi connectivity index (χ3n) is 4.04. The molecule has 0 saturated heterocycles. The van der Waals surface area contributed by atoms with Gasteiger partial charge < -0.3 is 4.90 Å². The molecular formula is C22H21N3O. The van der Waals surface area contributed by atoms with Crippen LogP contribution >= 0.6 is 0 Å². The molecule has 0 aliphatic heterocycles. The maximum Gasteiger partial charge on any atom is 0.271 e. The Morgan fingerprint density at radius 2 is 1.46 bits per heavy atom. The minimum absolute atomic E-state index is 0.231. The molecular weight excluding hydrogens is 322 g/mol. The largest absolute Gasteiger partial charge is 0.378 e. The second-order valence-corrected chi connectivity index (χ2v) is 6.13. The highest BCUT2D eigenvalue weighted by molar-refractivity contribution is 5.95. The number of nitrogens with one attached hydrogen (secondary N) is 1. The van der Waals surface area contributed by atoms with Crippen LogP contribution in [0.5, 0.6) is 0 Å². The molecule has 3 rings (SSSR count). The summed E-state index contributed by atoms with van der Waals surface area (Å²) in [5.41, 5.74) is 7.38. The predicted molar refractivity (Wildman–Crippen MR) is 108 cm³/mol. The molecule has 0 heterocycles. The lowest BCUT2D eigenvalue weighted by molar-refractivity contribution is 0.0955. The molecule has 130 valence electrons. The first kappa shape index (κ1) is 17.4. The summed E-state index contributed by atoms with van der Waals surface area (Å²) in [5, 5.41) is 4.03. The first-order chi connectivity index (χ1) is 12.6. The molecule has 26 heavy (non-hydrogen) atoms. The predicted octanol–water partition coefficient (Wildman–Crippen LogP) is 4.18. The van der Waals surface area contributed by atoms with Crippen molar-refractivity contribution in [3.05, 3.63) is 90.0 Å². The summed E-state index contributed by atoms with van der Waals surface area (Å²) in [6.07, 6.45) is 1.63. The number of carbonyl (C=O) groups excluding carboxylic acids is 1. The van der Waals surface area contributed by atoms with Crippen molar-refractivity contribution in [1.29, 1.82) is 0 Å². The quantitative estimate of drug-likeness (QED) is 0.558. The van der Waals surface area contributed by atoms with Crippen LogP contribution in [0.1, 0.15) is 15.9 Å². The molecule has 4 nitrogen and oxygen atoms in total. The van der Waals surface area contributed by atoms with Crippen molar-refractivity contribution in [2.45, 2.75) is 0 Å². The van der Waals surface area contributed by atoms with Crippen LogP contribution in [0.25, 0.3) is 11.1 Å². The number of benzene rings is 3. The maximum atomic E-state index is 12.2. The fraction of sp³-hybridized carbons (Fsp3) is 0.0909. The van der Waals surface area contributed by atoms with Gasteiger partial charge in [0, 0.05) is 25.3 Å². The summed E-state index contributed by atoms with van der Waals surface area (Å²) in [7, 11) is 3.98. The Labute approximate surface area is 153 Å². The third-order valence-corrected chi connectivity index (χ3v) is 4.04. The van der Waals surface area contributed by atoms with Crippen molar-refractivity contribution in [1.82, 2.24) is 5.43 Å². The molecule has 0 aromatic heterocycles. The second-order valence-electron chi connectivity index (χ2n) is 6.13. The molecule has 3 aromatic carbocycles. The summed E-state index contributed by atoms with van der Waals surface area (Å²) >= 11 is 0. The van der Waals surface area contributed by atoms with Crippen LogP contribution in [-0.2, 0) is 0 Å². The number of anilines is 1. The number of hydrogen-bond acceptors (Lipinski definition) is 3. The zero-order valence-corrected chi connectivity index (χ0v) is 14.9. The Morgan fingerprint density at radius 3 is 2.08 bits per heavy atom. The van der Waals surface area contributed by atoms with Crippen molar-refractivity contribution in [3.8, 4) is 11.1 Å². The van der Waals surface area contributed by atoms with Crippen LogP contribution in [0.4, 0.5) is 5.69 Å². The lowest BCUT2D eigenvalue weighted by atomic mass is 10.0. The number of amides is 1. The van der Waals surface area contributed by atoms with E-state index in [0.717, 1.165) is 22.4 Å². The minimum atomic E-state index is -0.231. The third kappa shape index (κ3) is 4.36. The van der Waals surface area contributed by atoms with Crippen LogP contribution in [-0.4, -0.2) is 26.2 Å². The van der Waals surface area contributed by atoms with Gasteiger partial charge in [0.25, 0.3) is 5.91 Å². The van der Waals surface area contributed by atoms with Crippen LogP contribution in [0.15, 0.2) is 84.0 Å². The molecule has 0 atom stereocenters. The van der Waals surface area contributed by atoms with E-state index in [2.05, 4.69) is 10.5 Å². The monoisotopic (exact) mass is 343 g/mol. The van der Waals surface area contributed by atoms with Gasteiger partial charge in [-0.15, -0.1) is 0 Å². The first-order valence-electron chi connectivity index (χ1n) is 8.40. The highest BCUT2D eigenvalue weighted by Gasteiger charge is 2.04. The highest BCUT2D eigenvalue weighted by atomic mass is 16.2. The van der Waals surface area contributed by atoms with Crippen molar-refractivity contribution >= 4 is 17.8 Å². The van der Waals surface area contributed by atoms with Gasteiger partial charge in [-0.05, 0) is 41.0 Å². The molecule has 0 bridgehead atoms. The Morgan fingerprint density at radius 1 is 0.846 bits per heavy atom. The first-order valence-corrected chi connectivity index (χ1v) is 8.40. The molecule has 4 heteroatoms. The van der Waals surface area contributed by atoms with E-state index in [1.165, 1.54) is 0 Å². The van der Waals surface area contributed by atoms with E-state index in [-0.39, 0.29) is 5.91 Å². The topological polar surface area (TPSA) is 44.7 Å². The van der Waals surface area contributed by atoms with Gasteiger partial charge in [-0.1, -0.05) is 54.6 Å². The zero-order valence-electron chi connectivity index (χ0n) is 14.9.